The van der Waals surface area contributed by atoms with E-state index < -0.39 is 0 Å². The summed E-state index contributed by atoms with van der Waals surface area (Å²) in [5, 5.41) is 12.1. The van der Waals surface area contributed by atoms with Crippen LogP contribution in [0.5, 0.6) is 5.75 Å². The molecule has 2 N–H and O–H groups in total. The third-order valence-corrected chi connectivity index (χ3v) is 2.55. The van der Waals surface area contributed by atoms with Gasteiger partial charge in [0, 0.05) is 18.9 Å². The van der Waals surface area contributed by atoms with Crippen LogP contribution in [0.15, 0.2) is 42.6 Å². The summed E-state index contributed by atoms with van der Waals surface area (Å²) in [6.45, 7) is 0.503. The summed E-state index contributed by atoms with van der Waals surface area (Å²) in [5.74, 6) is -0.238. The smallest absolute Gasteiger partial charge is 0.256 e. The Labute approximate surface area is 110 Å². The van der Waals surface area contributed by atoms with Crippen molar-refractivity contribution in [2.75, 3.05) is 12.4 Å². The van der Waals surface area contributed by atoms with Crippen molar-refractivity contribution in [3.8, 4) is 5.75 Å². The van der Waals surface area contributed by atoms with Crippen LogP contribution in [0, 0.1) is 0 Å². The van der Waals surface area contributed by atoms with E-state index in [4.69, 9.17) is 4.74 Å². The summed E-state index contributed by atoms with van der Waals surface area (Å²) in [5.41, 5.74) is 1.48. The number of nitrogens with zero attached hydrogens (tertiary/aromatic N) is 1. The first-order valence-corrected chi connectivity index (χ1v) is 5.74. The standard InChI is InChI=1S/C14H14N2O3/c1-19-9-10-4-6-11(7-5-10)14(18)16-13-12(17)3-2-8-15-13/h2-8,17H,9H2,1H3,(H,15,16,18). The SMILES string of the molecule is COCc1ccc(C(=O)Nc2ncccc2O)cc1. The lowest BCUT2D eigenvalue weighted by Crippen LogP contribution is -2.13. The normalized spacial score (nSPS) is 10.2. The summed E-state index contributed by atoms with van der Waals surface area (Å²) in [4.78, 5) is 15.8. The Morgan fingerprint density at radius 3 is 2.68 bits per heavy atom. The summed E-state index contributed by atoms with van der Waals surface area (Å²) in [7, 11) is 1.62. The van der Waals surface area contributed by atoms with Crippen molar-refractivity contribution >= 4 is 11.7 Å². The number of rotatable bonds is 4. The fourth-order valence-corrected chi connectivity index (χ4v) is 1.59. The van der Waals surface area contributed by atoms with Gasteiger partial charge in [-0.15, -0.1) is 0 Å². The van der Waals surface area contributed by atoms with E-state index in [-0.39, 0.29) is 17.5 Å². The maximum atomic E-state index is 11.9. The molecule has 0 saturated carbocycles. The van der Waals surface area contributed by atoms with Crippen LogP contribution in [0.1, 0.15) is 15.9 Å². The van der Waals surface area contributed by atoms with Crippen LogP contribution in [0.2, 0.25) is 0 Å². The quantitative estimate of drug-likeness (QED) is 0.881. The average molecular weight is 258 g/mol. The van der Waals surface area contributed by atoms with Gasteiger partial charge in [0.15, 0.2) is 11.6 Å². The molecule has 0 saturated heterocycles. The summed E-state index contributed by atoms with van der Waals surface area (Å²) < 4.78 is 5.00. The van der Waals surface area contributed by atoms with Crippen LogP contribution >= 0.6 is 0 Å². The number of amides is 1. The zero-order chi connectivity index (χ0) is 13.7. The lowest BCUT2D eigenvalue weighted by atomic mass is 10.1. The molecule has 0 aliphatic rings. The highest BCUT2D eigenvalue weighted by Gasteiger charge is 2.09. The molecule has 1 heterocycles. The number of carbonyl (C=O) groups excluding carboxylic acids is 1. The van der Waals surface area contributed by atoms with Gasteiger partial charge in [-0.2, -0.15) is 0 Å². The number of hydrogen-bond acceptors (Lipinski definition) is 4. The van der Waals surface area contributed by atoms with Crippen LogP contribution < -0.4 is 5.32 Å². The second kappa shape index (κ2) is 5.97. The second-order valence-electron chi connectivity index (χ2n) is 3.96. The molecule has 5 nitrogen and oxygen atoms in total. The Morgan fingerprint density at radius 2 is 2.05 bits per heavy atom. The highest BCUT2D eigenvalue weighted by molar-refractivity contribution is 6.04. The fourth-order valence-electron chi connectivity index (χ4n) is 1.59. The molecule has 1 aromatic carbocycles. The molecule has 2 aromatic rings. The van der Waals surface area contributed by atoms with Gasteiger partial charge in [-0.05, 0) is 29.8 Å². The summed E-state index contributed by atoms with van der Waals surface area (Å²) in [6, 6.07) is 10.1. The average Bonchev–Trinajstić information content (AvgIpc) is 2.42. The molecule has 0 unspecified atom stereocenters. The molecule has 2 rings (SSSR count). The number of nitrogens with one attached hydrogen (secondary N) is 1. The van der Waals surface area contributed by atoms with Gasteiger partial charge in [-0.3, -0.25) is 4.79 Å². The minimum atomic E-state index is -0.321. The number of aromatic hydroxyl groups is 1. The van der Waals surface area contributed by atoms with Crippen LogP contribution in [0.25, 0.3) is 0 Å². The van der Waals surface area contributed by atoms with Crippen molar-refractivity contribution < 1.29 is 14.6 Å². The number of hydrogen-bond donors (Lipinski definition) is 2. The predicted octanol–water partition coefficient (Wildman–Crippen LogP) is 2.19. The Bertz CT molecular complexity index is 567. The predicted molar refractivity (Wildman–Crippen MR) is 71.0 cm³/mol. The Kier molecular flexibility index (Phi) is 4.10. The summed E-state index contributed by atoms with van der Waals surface area (Å²) >= 11 is 0. The van der Waals surface area contributed by atoms with Crippen molar-refractivity contribution in [1.29, 1.82) is 0 Å². The molecule has 0 aliphatic heterocycles. The molecule has 0 fully saturated rings. The van der Waals surface area contributed by atoms with Crippen LogP contribution in [0.4, 0.5) is 5.82 Å². The topological polar surface area (TPSA) is 71.5 Å². The number of pyridine rings is 1. The number of aromatic nitrogens is 1. The number of carbonyl (C=O) groups is 1. The zero-order valence-corrected chi connectivity index (χ0v) is 10.5. The van der Waals surface area contributed by atoms with E-state index in [0.29, 0.717) is 12.2 Å². The van der Waals surface area contributed by atoms with Gasteiger partial charge in [0.05, 0.1) is 6.61 Å². The van der Waals surface area contributed by atoms with E-state index >= 15 is 0 Å². The van der Waals surface area contributed by atoms with Gasteiger partial charge in [0.1, 0.15) is 0 Å². The molecule has 0 aliphatic carbocycles. The highest BCUT2D eigenvalue weighted by Crippen LogP contribution is 2.19. The molecule has 0 atom stereocenters. The van der Waals surface area contributed by atoms with Gasteiger partial charge >= 0.3 is 0 Å². The molecule has 19 heavy (non-hydrogen) atoms. The van der Waals surface area contributed by atoms with Crippen molar-refractivity contribution in [3.05, 3.63) is 53.7 Å². The van der Waals surface area contributed by atoms with Crippen LogP contribution in [0.3, 0.4) is 0 Å². The minimum absolute atomic E-state index is 0.0631. The zero-order valence-electron chi connectivity index (χ0n) is 10.5. The molecular formula is C14H14N2O3. The van der Waals surface area contributed by atoms with Crippen molar-refractivity contribution in [3.63, 3.8) is 0 Å². The van der Waals surface area contributed by atoms with E-state index in [1.807, 2.05) is 12.1 Å². The lowest BCUT2D eigenvalue weighted by Gasteiger charge is -2.06. The molecule has 98 valence electrons. The number of anilines is 1. The van der Waals surface area contributed by atoms with E-state index in [1.165, 1.54) is 12.3 Å². The molecular weight excluding hydrogens is 244 g/mol. The lowest BCUT2D eigenvalue weighted by molar-refractivity contribution is 0.102. The summed E-state index contributed by atoms with van der Waals surface area (Å²) in [6.07, 6.45) is 1.50. The largest absolute Gasteiger partial charge is 0.504 e. The molecule has 0 bridgehead atoms. The van der Waals surface area contributed by atoms with Gasteiger partial charge in [-0.1, -0.05) is 12.1 Å². The first-order chi connectivity index (χ1) is 9.20. The van der Waals surface area contributed by atoms with E-state index in [9.17, 15) is 9.90 Å². The first kappa shape index (κ1) is 13.0. The van der Waals surface area contributed by atoms with E-state index in [1.54, 1.807) is 25.3 Å². The number of benzene rings is 1. The Hall–Kier alpha value is -2.40. The minimum Gasteiger partial charge on any atom is -0.504 e. The molecule has 1 aromatic heterocycles. The third-order valence-electron chi connectivity index (χ3n) is 2.55. The maximum Gasteiger partial charge on any atom is 0.256 e. The van der Waals surface area contributed by atoms with Crippen LogP contribution in [-0.2, 0) is 11.3 Å². The highest BCUT2D eigenvalue weighted by atomic mass is 16.5. The number of ether oxygens (including phenoxy) is 1. The molecule has 1 amide bonds. The molecule has 0 radical (unpaired) electrons. The van der Waals surface area contributed by atoms with E-state index in [2.05, 4.69) is 10.3 Å². The number of methoxy groups -OCH3 is 1. The monoisotopic (exact) mass is 258 g/mol. The van der Waals surface area contributed by atoms with Crippen molar-refractivity contribution in [2.24, 2.45) is 0 Å². The maximum absolute atomic E-state index is 11.9. The third kappa shape index (κ3) is 3.29. The van der Waals surface area contributed by atoms with Crippen molar-refractivity contribution in [1.82, 2.24) is 4.98 Å². The molecule has 5 heteroatoms. The van der Waals surface area contributed by atoms with E-state index in [0.717, 1.165) is 5.56 Å². The van der Waals surface area contributed by atoms with Crippen molar-refractivity contribution in [2.45, 2.75) is 6.61 Å². The van der Waals surface area contributed by atoms with Gasteiger partial charge in [0.25, 0.3) is 5.91 Å². The first-order valence-electron chi connectivity index (χ1n) is 5.74. The Balaban J connectivity index is 2.10. The van der Waals surface area contributed by atoms with Gasteiger partial charge in [-0.25, -0.2) is 4.98 Å². The Morgan fingerprint density at radius 1 is 1.32 bits per heavy atom. The van der Waals surface area contributed by atoms with Gasteiger partial charge in [0.2, 0.25) is 0 Å². The fraction of sp³-hybridized carbons (Fsp3) is 0.143. The second-order valence-corrected chi connectivity index (χ2v) is 3.96. The van der Waals surface area contributed by atoms with Crippen LogP contribution in [-0.4, -0.2) is 23.1 Å². The molecule has 0 spiro atoms. The van der Waals surface area contributed by atoms with Gasteiger partial charge < -0.3 is 15.2 Å².